The molecule has 3 N–H and O–H groups in total. The van der Waals surface area contributed by atoms with Gasteiger partial charge in [0, 0.05) is 5.69 Å². The van der Waals surface area contributed by atoms with Gasteiger partial charge < -0.3 is 15.6 Å². The predicted molar refractivity (Wildman–Crippen MR) is 54.0 cm³/mol. The minimum Gasteiger partial charge on any atom is -0.492 e. The molecule has 0 radical (unpaired) electrons. The quantitative estimate of drug-likeness (QED) is 0.591. The van der Waals surface area contributed by atoms with E-state index in [0.717, 1.165) is 0 Å². The lowest BCUT2D eigenvalue weighted by molar-refractivity contribution is 0.0697. The lowest BCUT2D eigenvalue weighted by atomic mass is 10.2. The molecule has 0 unspecified atom stereocenters. The average Bonchev–Trinajstić information content (AvgIpc) is 2.16. The molecule has 1 aromatic carbocycles. The van der Waals surface area contributed by atoms with Crippen molar-refractivity contribution in [1.29, 1.82) is 0 Å². The van der Waals surface area contributed by atoms with Crippen molar-refractivity contribution in [2.75, 3.05) is 18.2 Å². The van der Waals surface area contributed by atoms with Crippen LogP contribution >= 0.6 is 11.6 Å². The fourth-order valence-corrected chi connectivity index (χ4v) is 1.04. The van der Waals surface area contributed by atoms with Gasteiger partial charge in [-0.2, -0.15) is 0 Å². The molecule has 0 amide bonds. The Hall–Kier alpha value is -1.42. The smallest absolute Gasteiger partial charge is 0.337 e. The number of nitrogens with two attached hydrogens (primary N) is 1. The van der Waals surface area contributed by atoms with Crippen LogP contribution in [0.1, 0.15) is 10.4 Å². The maximum absolute atomic E-state index is 10.7. The van der Waals surface area contributed by atoms with Crippen LogP contribution in [0.25, 0.3) is 0 Å². The normalized spacial score (nSPS) is 9.79. The minimum atomic E-state index is -1.07. The van der Waals surface area contributed by atoms with Crippen LogP contribution in [-0.2, 0) is 0 Å². The Labute approximate surface area is 86.2 Å². The summed E-state index contributed by atoms with van der Waals surface area (Å²) in [7, 11) is 0. The summed E-state index contributed by atoms with van der Waals surface area (Å²) in [6.07, 6.45) is 0. The van der Waals surface area contributed by atoms with E-state index in [0.29, 0.717) is 18.2 Å². The van der Waals surface area contributed by atoms with Crippen LogP contribution in [0.5, 0.6) is 5.75 Å². The number of hydrogen-bond donors (Lipinski definition) is 2. The zero-order valence-corrected chi connectivity index (χ0v) is 8.12. The maximum atomic E-state index is 10.7. The molecule has 0 fully saturated rings. The van der Waals surface area contributed by atoms with Gasteiger partial charge in [-0.1, -0.05) is 0 Å². The fourth-order valence-electron chi connectivity index (χ4n) is 0.967. The van der Waals surface area contributed by atoms with Crippen molar-refractivity contribution in [3.8, 4) is 5.75 Å². The maximum Gasteiger partial charge on any atom is 0.337 e. The molecule has 1 rings (SSSR count). The van der Waals surface area contributed by atoms with Gasteiger partial charge in [-0.3, -0.25) is 0 Å². The van der Waals surface area contributed by atoms with Crippen molar-refractivity contribution in [2.45, 2.75) is 0 Å². The molecule has 4 nitrogen and oxygen atoms in total. The lowest BCUT2D eigenvalue weighted by Crippen LogP contribution is -2.04. The van der Waals surface area contributed by atoms with E-state index < -0.39 is 5.97 Å². The van der Waals surface area contributed by atoms with Crippen LogP contribution in [-0.4, -0.2) is 23.6 Å². The molecule has 1 aromatic rings. The number of carboxylic acids is 1. The van der Waals surface area contributed by atoms with Crippen molar-refractivity contribution in [2.24, 2.45) is 0 Å². The third kappa shape index (κ3) is 2.53. The summed E-state index contributed by atoms with van der Waals surface area (Å²) in [5.41, 5.74) is 5.71. The third-order valence-corrected chi connectivity index (χ3v) is 1.76. The second-order valence-electron chi connectivity index (χ2n) is 2.59. The highest BCUT2D eigenvalue weighted by molar-refractivity contribution is 6.18. The van der Waals surface area contributed by atoms with E-state index >= 15 is 0 Å². The Bertz CT molecular complexity index is 341. The zero-order valence-electron chi connectivity index (χ0n) is 7.37. The van der Waals surface area contributed by atoms with E-state index in [1.807, 2.05) is 0 Å². The van der Waals surface area contributed by atoms with Crippen molar-refractivity contribution < 1.29 is 14.6 Å². The molecule has 0 aliphatic rings. The Morgan fingerprint density at radius 1 is 1.57 bits per heavy atom. The number of benzene rings is 1. The fraction of sp³-hybridized carbons (Fsp3) is 0.222. The van der Waals surface area contributed by atoms with Gasteiger partial charge in [0.1, 0.15) is 12.4 Å². The molecular weight excluding hydrogens is 206 g/mol. The molecule has 0 spiro atoms. The zero-order chi connectivity index (χ0) is 10.6. The van der Waals surface area contributed by atoms with Crippen LogP contribution in [0.2, 0.25) is 0 Å². The highest BCUT2D eigenvalue weighted by atomic mass is 35.5. The Kier molecular flexibility index (Phi) is 3.59. The van der Waals surface area contributed by atoms with E-state index in [2.05, 4.69) is 0 Å². The minimum absolute atomic E-state index is 0.0390. The highest BCUT2D eigenvalue weighted by Gasteiger charge is 2.08. The van der Waals surface area contributed by atoms with E-state index in [1.54, 1.807) is 6.07 Å². The summed E-state index contributed by atoms with van der Waals surface area (Å²) in [5, 5.41) is 8.75. The van der Waals surface area contributed by atoms with Crippen molar-refractivity contribution in [3.05, 3.63) is 23.8 Å². The summed E-state index contributed by atoms with van der Waals surface area (Å²) < 4.78 is 5.15. The molecule has 76 valence electrons. The summed E-state index contributed by atoms with van der Waals surface area (Å²) in [5.74, 6) is -0.261. The number of alkyl halides is 1. The van der Waals surface area contributed by atoms with Crippen LogP contribution in [0.3, 0.4) is 0 Å². The van der Waals surface area contributed by atoms with E-state index in [1.165, 1.54) is 12.1 Å². The first-order valence-electron chi connectivity index (χ1n) is 3.96. The first-order chi connectivity index (χ1) is 6.65. The number of aromatic carboxylic acids is 1. The second-order valence-corrected chi connectivity index (χ2v) is 2.97. The van der Waals surface area contributed by atoms with Crippen LogP contribution in [0, 0.1) is 0 Å². The molecule has 0 atom stereocenters. The van der Waals surface area contributed by atoms with Gasteiger partial charge in [-0.05, 0) is 18.2 Å². The monoisotopic (exact) mass is 215 g/mol. The highest BCUT2D eigenvalue weighted by Crippen LogP contribution is 2.19. The molecule has 0 saturated carbocycles. The number of anilines is 1. The molecule has 0 aromatic heterocycles. The topological polar surface area (TPSA) is 72.5 Å². The van der Waals surface area contributed by atoms with E-state index in [9.17, 15) is 4.79 Å². The Morgan fingerprint density at radius 3 is 2.86 bits per heavy atom. The lowest BCUT2D eigenvalue weighted by Gasteiger charge is -2.06. The molecule has 0 aliphatic carbocycles. The summed E-state index contributed by atoms with van der Waals surface area (Å²) in [6, 6.07) is 4.48. The van der Waals surface area contributed by atoms with Gasteiger partial charge >= 0.3 is 5.97 Å². The third-order valence-electron chi connectivity index (χ3n) is 1.60. The first-order valence-corrected chi connectivity index (χ1v) is 4.50. The van der Waals surface area contributed by atoms with Gasteiger partial charge in [0.05, 0.1) is 11.4 Å². The van der Waals surface area contributed by atoms with E-state index in [-0.39, 0.29) is 11.3 Å². The number of rotatable bonds is 4. The number of ether oxygens (including phenoxy) is 1. The largest absolute Gasteiger partial charge is 0.492 e. The van der Waals surface area contributed by atoms with Gasteiger partial charge in [-0.25, -0.2) is 4.79 Å². The number of nitrogen functional groups attached to an aromatic ring is 1. The van der Waals surface area contributed by atoms with Gasteiger partial charge in [0.2, 0.25) is 0 Å². The second kappa shape index (κ2) is 4.72. The molecule has 0 bridgehead atoms. The molecule has 0 aliphatic heterocycles. The van der Waals surface area contributed by atoms with Crippen molar-refractivity contribution >= 4 is 23.3 Å². The number of halogens is 1. The molecule has 0 saturated heterocycles. The van der Waals surface area contributed by atoms with Gasteiger partial charge in [-0.15, -0.1) is 11.6 Å². The molecule has 14 heavy (non-hydrogen) atoms. The first kappa shape index (κ1) is 10.7. The van der Waals surface area contributed by atoms with Crippen LogP contribution < -0.4 is 10.5 Å². The van der Waals surface area contributed by atoms with E-state index in [4.69, 9.17) is 27.2 Å². The number of carboxylic acid groups (broad SMARTS) is 1. The van der Waals surface area contributed by atoms with Gasteiger partial charge in [0.25, 0.3) is 0 Å². The number of hydrogen-bond acceptors (Lipinski definition) is 3. The standard InChI is InChI=1S/C9H10ClNO3/c10-3-4-14-6-1-2-8(11)7(5-6)9(12)13/h1-2,5H,3-4,11H2,(H,12,13). The van der Waals surface area contributed by atoms with Gasteiger partial charge in [0.15, 0.2) is 0 Å². The molecule has 0 heterocycles. The van der Waals surface area contributed by atoms with Crippen molar-refractivity contribution in [1.82, 2.24) is 0 Å². The molecular formula is C9H10ClNO3. The Morgan fingerprint density at radius 2 is 2.29 bits per heavy atom. The summed E-state index contributed by atoms with van der Waals surface area (Å²) in [4.78, 5) is 10.7. The van der Waals surface area contributed by atoms with Crippen LogP contribution in [0.15, 0.2) is 18.2 Å². The predicted octanol–water partition coefficient (Wildman–Crippen LogP) is 1.58. The Balaban J connectivity index is 2.89. The van der Waals surface area contributed by atoms with Crippen LogP contribution in [0.4, 0.5) is 5.69 Å². The number of carbonyl (C=O) groups is 1. The summed E-state index contributed by atoms with van der Waals surface area (Å²) >= 11 is 5.42. The van der Waals surface area contributed by atoms with Crippen molar-refractivity contribution in [3.63, 3.8) is 0 Å². The summed E-state index contributed by atoms with van der Waals surface area (Å²) in [6.45, 7) is 0.338. The molecule has 5 heteroatoms. The SMILES string of the molecule is Nc1ccc(OCCCl)cc1C(=O)O. The average molecular weight is 216 g/mol.